The molecule has 156 valence electrons. The van der Waals surface area contributed by atoms with Gasteiger partial charge in [0.05, 0.1) is 17.1 Å². The van der Waals surface area contributed by atoms with E-state index in [0.717, 1.165) is 30.1 Å². The molecule has 29 heavy (non-hydrogen) atoms. The van der Waals surface area contributed by atoms with Gasteiger partial charge >= 0.3 is 0 Å². The van der Waals surface area contributed by atoms with Gasteiger partial charge in [-0.15, -0.1) is 0 Å². The molecule has 1 aromatic heterocycles. The van der Waals surface area contributed by atoms with Gasteiger partial charge < -0.3 is 10.2 Å². The third-order valence-corrected chi connectivity index (χ3v) is 10.0. The summed E-state index contributed by atoms with van der Waals surface area (Å²) in [6, 6.07) is 0. The van der Waals surface area contributed by atoms with Crippen molar-refractivity contribution in [1.29, 1.82) is 0 Å². The minimum atomic E-state index is -3.00. The number of pyridine rings is 1. The van der Waals surface area contributed by atoms with Gasteiger partial charge in [-0.1, -0.05) is 0 Å². The molecule has 6 nitrogen and oxygen atoms in total. The summed E-state index contributed by atoms with van der Waals surface area (Å²) in [5, 5.41) is 3.87. The van der Waals surface area contributed by atoms with E-state index in [2.05, 4.69) is 5.32 Å². The highest BCUT2D eigenvalue weighted by Gasteiger charge is 2.47. The second-order valence-corrected chi connectivity index (χ2v) is 12.4. The Labute approximate surface area is 172 Å². The normalized spacial score (nSPS) is 36.4. The molecule has 2 unspecified atom stereocenters. The minimum absolute atomic E-state index is 0.0253. The van der Waals surface area contributed by atoms with Gasteiger partial charge in [0.15, 0.2) is 9.84 Å². The zero-order valence-electron chi connectivity index (χ0n) is 16.8. The molecule has 5 aliphatic rings. The Morgan fingerprint density at radius 1 is 1.07 bits per heavy atom. The number of fused-ring (bicyclic) bond motifs is 7. The number of aromatic nitrogens is 1. The number of nitrogens with zero attached hydrogens (tertiary/aromatic N) is 2. The highest BCUT2D eigenvalue weighted by atomic mass is 32.2. The number of amides is 1. The first-order chi connectivity index (χ1) is 13.9. The van der Waals surface area contributed by atoms with Crippen molar-refractivity contribution in [2.45, 2.75) is 68.7 Å². The van der Waals surface area contributed by atoms with E-state index < -0.39 is 9.84 Å². The molecule has 2 heterocycles. The SMILES string of the molecule is O=C(c1cnc(NC23CCC(CC2)C3)c2c1C1CCC2C1)N1CCS(=O)(=O)CC1. The Hall–Kier alpha value is -1.63. The van der Waals surface area contributed by atoms with Gasteiger partial charge in [0.1, 0.15) is 5.82 Å². The van der Waals surface area contributed by atoms with E-state index in [4.69, 9.17) is 4.98 Å². The number of rotatable bonds is 3. The standard InChI is InChI=1S/C22H29N3O3S/c26-21(25-7-9-29(27,28)10-8-25)17-13-23-20(19-16-2-1-15(11-16)18(17)19)24-22-5-3-14(12-22)4-6-22/h13-16H,1-12H2,(H,23,24). The summed E-state index contributed by atoms with van der Waals surface area (Å²) in [5.41, 5.74) is 3.48. The summed E-state index contributed by atoms with van der Waals surface area (Å²) in [6.07, 6.45) is 11.7. The van der Waals surface area contributed by atoms with Crippen LogP contribution in [0.5, 0.6) is 0 Å². The van der Waals surface area contributed by atoms with E-state index in [1.54, 1.807) is 11.1 Å². The van der Waals surface area contributed by atoms with Crippen LogP contribution in [0.1, 0.15) is 84.7 Å². The lowest BCUT2D eigenvalue weighted by atomic mass is 9.87. The van der Waals surface area contributed by atoms with Crippen LogP contribution in [0.15, 0.2) is 6.20 Å². The van der Waals surface area contributed by atoms with Crippen molar-refractivity contribution in [3.05, 3.63) is 22.9 Å². The third-order valence-electron chi connectivity index (χ3n) is 8.39. The summed E-state index contributed by atoms with van der Waals surface area (Å²) in [4.78, 5) is 19.8. The molecule has 1 saturated heterocycles. The summed E-state index contributed by atoms with van der Waals surface area (Å²) >= 11 is 0. The molecule has 0 aromatic carbocycles. The number of hydrogen-bond donors (Lipinski definition) is 1. The Morgan fingerprint density at radius 2 is 1.76 bits per heavy atom. The maximum absolute atomic E-state index is 13.3. The maximum atomic E-state index is 13.3. The van der Waals surface area contributed by atoms with Crippen LogP contribution < -0.4 is 5.32 Å². The molecule has 1 aromatic rings. The van der Waals surface area contributed by atoms with Crippen LogP contribution in [0.3, 0.4) is 0 Å². The van der Waals surface area contributed by atoms with Crippen molar-refractivity contribution in [3.8, 4) is 0 Å². The van der Waals surface area contributed by atoms with E-state index in [0.29, 0.717) is 24.9 Å². The molecule has 1 amide bonds. The molecule has 6 rings (SSSR count). The smallest absolute Gasteiger partial charge is 0.255 e. The molecule has 4 aliphatic carbocycles. The quantitative estimate of drug-likeness (QED) is 0.821. The minimum Gasteiger partial charge on any atom is -0.364 e. The lowest BCUT2D eigenvalue weighted by Gasteiger charge is -2.32. The fraction of sp³-hybridized carbons (Fsp3) is 0.727. The van der Waals surface area contributed by atoms with Crippen LogP contribution in [0.4, 0.5) is 5.82 Å². The highest BCUT2D eigenvalue weighted by Crippen LogP contribution is 2.57. The van der Waals surface area contributed by atoms with Crippen molar-refractivity contribution >= 4 is 21.6 Å². The van der Waals surface area contributed by atoms with Crippen LogP contribution in [-0.4, -0.2) is 54.3 Å². The Balaban J connectivity index is 1.34. The molecule has 1 N–H and O–H groups in total. The van der Waals surface area contributed by atoms with Crippen molar-refractivity contribution < 1.29 is 13.2 Å². The highest BCUT2D eigenvalue weighted by molar-refractivity contribution is 7.91. The van der Waals surface area contributed by atoms with Crippen molar-refractivity contribution in [3.63, 3.8) is 0 Å². The topological polar surface area (TPSA) is 79.4 Å². The Bertz CT molecular complexity index is 967. The van der Waals surface area contributed by atoms with E-state index >= 15 is 0 Å². The number of anilines is 1. The van der Waals surface area contributed by atoms with E-state index in [1.165, 1.54) is 49.7 Å². The summed E-state index contributed by atoms with van der Waals surface area (Å²) in [5.74, 6) is 3.02. The molecule has 1 aliphatic heterocycles. The molecule has 7 heteroatoms. The fourth-order valence-corrected chi connectivity index (χ4v) is 8.08. The predicted octanol–water partition coefficient (Wildman–Crippen LogP) is 3.06. The van der Waals surface area contributed by atoms with Crippen LogP contribution >= 0.6 is 0 Å². The van der Waals surface area contributed by atoms with Crippen LogP contribution in [0.25, 0.3) is 0 Å². The Kier molecular flexibility index (Phi) is 3.88. The number of sulfone groups is 1. The van der Waals surface area contributed by atoms with E-state index in [9.17, 15) is 13.2 Å². The molecule has 2 atom stereocenters. The average Bonchev–Trinajstić information content (AvgIpc) is 3.48. The lowest BCUT2D eigenvalue weighted by molar-refractivity contribution is 0.0768. The van der Waals surface area contributed by atoms with Gasteiger partial charge in [-0.05, 0) is 74.7 Å². The van der Waals surface area contributed by atoms with Crippen LogP contribution in [0.2, 0.25) is 0 Å². The van der Waals surface area contributed by atoms with Crippen molar-refractivity contribution in [2.24, 2.45) is 5.92 Å². The first kappa shape index (κ1) is 18.2. The maximum Gasteiger partial charge on any atom is 0.255 e. The second-order valence-electron chi connectivity index (χ2n) is 10.1. The Morgan fingerprint density at radius 3 is 2.41 bits per heavy atom. The predicted molar refractivity (Wildman–Crippen MR) is 111 cm³/mol. The first-order valence-electron chi connectivity index (χ1n) is 11.2. The van der Waals surface area contributed by atoms with Gasteiger partial charge in [-0.3, -0.25) is 4.79 Å². The van der Waals surface area contributed by atoms with Gasteiger partial charge in [0.2, 0.25) is 0 Å². The molecule has 3 saturated carbocycles. The molecule has 0 radical (unpaired) electrons. The van der Waals surface area contributed by atoms with Gasteiger partial charge in [0.25, 0.3) is 5.91 Å². The summed E-state index contributed by atoms with van der Waals surface area (Å²) in [7, 11) is -3.00. The van der Waals surface area contributed by atoms with Crippen LogP contribution in [0, 0.1) is 5.92 Å². The van der Waals surface area contributed by atoms with E-state index in [-0.39, 0.29) is 23.0 Å². The number of hydrogen-bond acceptors (Lipinski definition) is 5. The number of carbonyl (C=O) groups excluding carboxylic acids is 1. The molecular formula is C22H29N3O3S. The summed E-state index contributed by atoms with van der Waals surface area (Å²) in [6.45, 7) is 0.600. The van der Waals surface area contributed by atoms with Crippen molar-refractivity contribution in [1.82, 2.24) is 9.88 Å². The molecule has 4 fully saturated rings. The molecule has 4 bridgehead atoms. The molecule has 0 spiro atoms. The van der Waals surface area contributed by atoms with Crippen molar-refractivity contribution in [2.75, 3.05) is 29.9 Å². The monoisotopic (exact) mass is 415 g/mol. The number of carbonyl (C=O) groups is 1. The zero-order chi connectivity index (χ0) is 19.8. The number of nitrogens with one attached hydrogen (secondary N) is 1. The summed E-state index contributed by atoms with van der Waals surface area (Å²) < 4.78 is 23.5. The van der Waals surface area contributed by atoms with Gasteiger partial charge in [0, 0.05) is 30.4 Å². The molecular weight excluding hydrogens is 386 g/mol. The average molecular weight is 416 g/mol. The fourth-order valence-electron chi connectivity index (χ4n) is 6.87. The first-order valence-corrected chi connectivity index (χ1v) is 13.1. The third kappa shape index (κ3) is 2.83. The van der Waals surface area contributed by atoms with Gasteiger partial charge in [-0.25, -0.2) is 13.4 Å². The second kappa shape index (κ2) is 6.19. The van der Waals surface area contributed by atoms with Gasteiger partial charge in [-0.2, -0.15) is 0 Å². The zero-order valence-corrected chi connectivity index (χ0v) is 17.6. The van der Waals surface area contributed by atoms with Crippen LogP contribution in [-0.2, 0) is 9.84 Å². The largest absolute Gasteiger partial charge is 0.364 e. The lowest BCUT2D eigenvalue weighted by Crippen LogP contribution is -2.44. The van der Waals surface area contributed by atoms with E-state index in [1.807, 2.05) is 0 Å².